The van der Waals surface area contributed by atoms with E-state index in [1.165, 1.54) is 17.7 Å². The van der Waals surface area contributed by atoms with Crippen LogP contribution in [-0.4, -0.2) is 28.2 Å². The number of hydrazone groups is 1. The van der Waals surface area contributed by atoms with Crippen LogP contribution >= 0.6 is 0 Å². The molecule has 1 atom stereocenters. The van der Waals surface area contributed by atoms with E-state index in [0.29, 0.717) is 0 Å². The number of anilines is 2. The van der Waals surface area contributed by atoms with Crippen LogP contribution in [0.25, 0.3) is 0 Å². The highest BCUT2D eigenvalue weighted by Gasteiger charge is 2.30. The fraction of sp³-hybridized carbons (Fsp3) is 0.240. The van der Waals surface area contributed by atoms with E-state index in [2.05, 4.69) is 60.4 Å². The predicted octanol–water partition coefficient (Wildman–Crippen LogP) is 4.32. The third-order valence-corrected chi connectivity index (χ3v) is 6.76. The summed E-state index contributed by atoms with van der Waals surface area (Å²) in [4.78, 5) is 2.16. The molecule has 3 aromatic rings. The first-order valence-electron chi connectivity index (χ1n) is 10.6. The Balaban J connectivity index is 1.72. The number of benzene rings is 3. The topological polar surface area (TPSA) is 79.0 Å². The summed E-state index contributed by atoms with van der Waals surface area (Å²) in [5, 5.41) is 12.2. The standard InChI is InChI=1S/C25H28N4O2S/c1-4-18-5-7-19(8-6-18)24-17-25(20-9-11-21(12-10-20)28(2)3)29(27-24)22-13-15-23(16-14-22)32(26,30)31/h5-16,25H,4,17H2,1-3H3,(H2,26,30,31). The number of hydrogen-bond acceptors (Lipinski definition) is 5. The summed E-state index contributed by atoms with van der Waals surface area (Å²) in [5.41, 5.74) is 6.49. The molecule has 166 valence electrons. The van der Waals surface area contributed by atoms with Gasteiger partial charge in [0.25, 0.3) is 0 Å². The number of sulfonamides is 1. The molecule has 32 heavy (non-hydrogen) atoms. The van der Waals surface area contributed by atoms with E-state index in [9.17, 15) is 8.42 Å². The van der Waals surface area contributed by atoms with E-state index in [4.69, 9.17) is 10.2 Å². The van der Waals surface area contributed by atoms with Gasteiger partial charge in [-0.3, -0.25) is 5.01 Å². The normalized spacial score (nSPS) is 16.2. The predicted molar refractivity (Wildman–Crippen MR) is 131 cm³/mol. The van der Waals surface area contributed by atoms with Gasteiger partial charge in [0.15, 0.2) is 0 Å². The Bertz CT molecular complexity index is 1220. The lowest BCUT2D eigenvalue weighted by Crippen LogP contribution is -2.19. The smallest absolute Gasteiger partial charge is 0.238 e. The molecule has 0 radical (unpaired) electrons. The maximum atomic E-state index is 11.7. The Morgan fingerprint density at radius 1 is 0.969 bits per heavy atom. The number of rotatable bonds is 6. The summed E-state index contributed by atoms with van der Waals surface area (Å²) in [6.45, 7) is 2.14. The molecule has 0 fully saturated rings. The van der Waals surface area contributed by atoms with Crippen LogP contribution < -0.4 is 15.0 Å². The quantitative estimate of drug-likeness (QED) is 0.609. The van der Waals surface area contributed by atoms with Crippen molar-refractivity contribution in [2.75, 3.05) is 24.0 Å². The monoisotopic (exact) mass is 448 g/mol. The average molecular weight is 449 g/mol. The van der Waals surface area contributed by atoms with Gasteiger partial charge in [0, 0.05) is 26.2 Å². The largest absolute Gasteiger partial charge is 0.378 e. The van der Waals surface area contributed by atoms with Crippen molar-refractivity contribution in [1.29, 1.82) is 0 Å². The molecule has 1 aliphatic rings. The minimum Gasteiger partial charge on any atom is -0.378 e. The molecule has 0 amide bonds. The molecule has 4 rings (SSSR count). The molecule has 0 aromatic heterocycles. The van der Waals surface area contributed by atoms with Crippen molar-refractivity contribution in [2.24, 2.45) is 10.2 Å². The lowest BCUT2D eigenvalue weighted by atomic mass is 9.97. The Kier molecular flexibility index (Phi) is 6.04. The van der Waals surface area contributed by atoms with Gasteiger partial charge in [-0.15, -0.1) is 0 Å². The third-order valence-electron chi connectivity index (χ3n) is 5.83. The zero-order valence-corrected chi connectivity index (χ0v) is 19.4. The maximum Gasteiger partial charge on any atom is 0.238 e. The summed E-state index contributed by atoms with van der Waals surface area (Å²) in [5.74, 6) is 0. The lowest BCUT2D eigenvalue weighted by molar-refractivity contribution is 0.597. The highest BCUT2D eigenvalue weighted by Crippen LogP contribution is 2.37. The first kappa shape index (κ1) is 22.0. The van der Waals surface area contributed by atoms with E-state index in [1.54, 1.807) is 12.1 Å². The van der Waals surface area contributed by atoms with Crippen molar-refractivity contribution in [3.8, 4) is 0 Å². The van der Waals surface area contributed by atoms with Gasteiger partial charge in [-0.05, 0) is 59.5 Å². The van der Waals surface area contributed by atoms with Crippen LogP contribution in [0, 0.1) is 0 Å². The summed E-state index contributed by atoms with van der Waals surface area (Å²) >= 11 is 0. The van der Waals surface area contributed by atoms with E-state index >= 15 is 0 Å². The van der Waals surface area contributed by atoms with E-state index in [-0.39, 0.29) is 10.9 Å². The van der Waals surface area contributed by atoms with E-state index < -0.39 is 10.0 Å². The van der Waals surface area contributed by atoms with Crippen LogP contribution in [0.3, 0.4) is 0 Å². The first-order chi connectivity index (χ1) is 15.3. The van der Waals surface area contributed by atoms with Crippen molar-refractivity contribution >= 4 is 27.1 Å². The lowest BCUT2D eigenvalue weighted by Gasteiger charge is -2.24. The Morgan fingerprint density at radius 2 is 1.59 bits per heavy atom. The van der Waals surface area contributed by atoms with Crippen LogP contribution in [0.5, 0.6) is 0 Å². The molecule has 0 saturated carbocycles. The van der Waals surface area contributed by atoms with Gasteiger partial charge in [0.2, 0.25) is 10.0 Å². The Morgan fingerprint density at radius 3 is 2.12 bits per heavy atom. The first-order valence-corrected chi connectivity index (χ1v) is 12.2. The third kappa shape index (κ3) is 4.54. The van der Waals surface area contributed by atoms with Gasteiger partial charge in [-0.1, -0.05) is 43.3 Å². The molecule has 1 unspecified atom stereocenters. The molecule has 1 aliphatic heterocycles. The number of hydrogen-bond donors (Lipinski definition) is 1. The summed E-state index contributed by atoms with van der Waals surface area (Å²) < 4.78 is 23.3. The minimum absolute atomic E-state index is 0.00685. The molecule has 0 spiro atoms. The van der Waals surface area contributed by atoms with Crippen molar-refractivity contribution in [3.05, 3.63) is 89.5 Å². The van der Waals surface area contributed by atoms with Gasteiger partial charge >= 0.3 is 0 Å². The molecule has 7 heteroatoms. The SMILES string of the molecule is CCc1ccc(C2=NN(c3ccc(S(N)(=O)=O)cc3)C(c3ccc(N(C)C)cc3)C2)cc1. The van der Waals surface area contributed by atoms with Crippen LogP contribution in [-0.2, 0) is 16.4 Å². The summed E-state index contributed by atoms with van der Waals surface area (Å²) in [6, 6.07) is 23.6. The van der Waals surface area contributed by atoms with Crippen molar-refractivity contribution < 1.29 is 8.42 Å². The average Bonchev–Trinajstić information content (AvgIpc) is 3.24. The minimum atomic E-state index is -3.74. The molecule has 0 bridgehead atoms. The fourth-order valence-corrected chi connectivity index (χ4v) is 4.41. The van der Waals surface area contributed by atoms with Crippen molar-refractivity contribution in [1.82, 2.24) is 0 Å². The van der Waals surface area contributed by atoms with Crippen molar-refractivity contribution in [2.45, 2.75) is 30.7 Å². The summed E-state index contributed by atoms with van der Waals surface area (Å²) in [7, 11) is 0.297. The van der Waals surface area contributed by atoms with Crippen LogP contribution in [0.4, 0.5) is 11.4 Å². The number of aryl methyl sites for hydroxylation is 1. The van der Waals surface area contributed by atoms with E-state index in [1.807, 2.05) is 19.1 Å². The van der Waals surface area contributed by atoms with Gasteiger partial charge in [0.05, 0.1) is 22.3 Å². The molecule has 2 N–H and O–H groups in total. The van der Waals surface area contributed by atoms with Crippen LogP contribution in [0.2, 0.25) is 0 Å². The van der Waals surface area contributed by atoms with Gasteiger partial charge in [-0.25, -0.2) is 13.6 Å². The summed E-state index contributed by atoms with van der Waals surface area (Å²) in [6.07, 6.45) is 1.75. The second kappa shape index (κ2) is 8.76. The molecule has 0 saturated heterocycles. The maximum absolute atomic E-state index is 11.7. The molecular formula is C25H28N4O2S. The zero-order valence-electron chi connectivity index (χ0n) is 18.6. The molecule has 6 nitrogen and oxygen atoms in total. The molecule has 1 heterocycles. The second-order valence-electron chi connectivity index (χ2n) is 8.19. The Labute approximate surface area is 190 Å². The fourth-order valence-electron chi connectivity index (χ4n) is 3.90. The number of nitrogens with two attached hydrogens (primary N) is 1. The van der Waals surface area contributed by atoms with Crippen LogP contribution in [0.1, 0.15) is 36.1 Å². The number of primary sulfonamides is 1. The van der Waals surface area contributed by atoms with Gasteiger partial charge in [-0.2, -0.15) is 5.10 Å². The molecule has 0 aliphatic carbocycles. The van der Waals surface area contributed by atoms with Gasteiger partial charge in [0.1, 0.15) is 0 Å². The van der Waals surface area contributed by atoms with Crippen LogP contribution in [0.15, 0.2) is 82.8 Å². The zero-order chi connectivity index (χ0) is 22.9. The van der Waals surface area contributed by atoms with Crippen molar-refractivity contribution in [3.63, 3.8) is 0 Å². The van der Waals surface area contributed by atoms with Gasteiger partial charge < -0.3 is 4.90 Å². The molecule has 3 aromatic carbocycles. The second-order valence-corrected chi connectivity index (χ2v) is 9.75. The molecular weight excluding hydrogens is 420 g/mol. The highest BCUT2D eigenvalue weighted by atomic mass is 32.2. The number of nitrogens with zero attached hydrogens (tertiary/aromatic N) is 3. The highest BCUT2D eigenvalue weighted by molar-refractivity contribution is 7.89. The van der Waals surface area contributed by atoms with E-state index in [0.717, 1.165) is 41.1 Å². The Hall–Kier alpha value is -3.16.